The Kier molecular flexibility index (Phi) is 4.97. The lowest BCUT2D eigenvalue weighted by atomic mass is 10.0. The zero-order chi connectivity index (χ0) is 17.1. The van der Waals surface area contributed by atoms with Gasteiger partial charge in [-0.05, 0) is 12.5 Å². The smallest absolute Gasteiger partial charge is 0.257 e. The molecule has 0 unspecified atom stereocenters. The number of carbonyl (C=O) groups excluding carboxylic acids is 2. The fourth-order valence-corrected chi connectivity index (χ4v) is 3.80. The predicted molar refractivity (Wildman–Crippen MR) is 97.6 cm³/mol. The summed E-state index contributed by atoms with van der Waals surface area (Å²) in [7, 11) is 0. The van der Waals surface area contributed by atoms with Crippen molar-refractivity contribution in [2.45, 2.75) is 13.8 Å². The predicted octanol–water partition coefficient (Wildman–Crippen LogP) is 2.73. The summed E-state index contributed by atoms with van der Waals surface area (Å²) in [5, 5.41) is 8.64. The van der Waals surface area contributed by atoms with Crippen LogP contribution in [0.4, 0.5) is 5.00 Å². The van der Waals surface area contributed by atoms with Gasteiger partial charge in [0, 0.05) is 44.0 Å². The number of carbonyl (C=O) groups is 2. The van der Waals surface area contributed by atoms with E-state index in [4.69, 9.17) is 0 Å². The summed E-state index contributed by atoms with van der Waals surface area (Å²) in [5.41, 5.74) is 3.64. The van der Waals surface area contributed by atoms with Gasteiger partial charge in [-0.15, -0.1) is 11.3 Å². The Bertz CT molecular complexity index is 746. The maximum absolute atomic E-state index is 13.1. The highest BCUT2D eigenvalue weighted by Gasteiger charge is 2.26. The number of piperazine rings is 1. The standard InChI is InChI=1S/C18H21N3O2S/c1-12-3-5-14(6-4-12)15-11-24-17(20-13(2)22)16(15)18(23)21-9-7-19-8-10-21/h3-6,11,19H,7-10H2,1-2H3,(H,20,22). The second-order valence-electron chi connectivity index (χ2n) is 5.94. The molecule has 2 amide bonds. The lowest BCUT2D eigenvalue weighted by molar-refractivity contribution is -0.114. The highest BCUT2D eigenvalue weighted by molar-refractivity contribution is 7.15. The van der Waals surface area contributed by atoms with E-state index in [2.05, 4.69) is 10.6 Å². The van der Waals surface area contributed by atoms with Crippen molar-refractivity contribution in [2.75, 3.05) is 31.5 Å². The lowest BCUT2D eigenvalue weighted by Crippen LogP contribution is -2.46. The number of nitrogens with one attached hydrogen (secondary N) is 2. The van der Waals surface area contributed by atoms with Crippen LogP contribution in [0.5, 0.6) is 0 Å². The molecule has 6 heteroatoms. The fraction of sp³-hybridized carbons (Fsp3) is 0.333. The number of thiophene rings is 1. The molecule has 1 saturated heterocycles. The van der Waals surface area contributed by atoms with E-state index in [-0.39, 0.29) is 11.8 Å². The minimum Gasteiger partial charge on any atom is -0.336 e. The van der Waals surface area contributed by atoms with Crippen molar-refractivity contribution in [3.05, 3.63) is 40.8 Å². The van der Waals surface area contributed by atoms with Crippen molar-refractivity contribution in [2.24, 2.45) is 0 Å². The van der Waals surface area contributed by atoms with Gasteiger partial charge >= 0.3 is 0 Å². The Morgan fingerprint density at radius 2 is 1.83 bits per heavy atom. The molecular weight excluding hydrogens is 322 g/mol. The van der Waals surface area contributed by atoms with Gasteiger partial charge in [0.05, 0.1) is 5.56 Å². The topological polar surface area (TPSA) is 61.4 Å². The number of amides is 2. The van der Waals surface area contributed by atoms with Gasteiger partial charge in [-0.2, -0.15) is 0 Å². The third-order valence-electron chi connectivity index (χ3n) is 4.06. The zero-order valence-corrected chi connectivity index (χ0v) is 14.7. The van der Waals surface area contributed by atoms with E-state index in [0.29, 0.717) is 23.7 Å². The van der Waals surface area contributed by atoms with E-state index in [1.165, 1.54) is 23.8 Å². The van der Waals surface area contributed by atoms with Crippen LogP contribution in [0.3, 0.4) is 0 Å². The Balaban J connectivity index is 2.02. The van der Waals surface area contributed by atoms with Gasteiger partial charge in [0.25, 0.3) is 5.91 Å². The minimum absolute atomic E-state index is 0.0166. The van der Waals surface area contributed by atoms with Gasteiger partial charge in [-0.1, -0.05) is 29.8 Å². The lowest BCUT2D eigenvalue weighted by Gasteiger charge is -2.28. The molecule has 0 aliphatic carbocycles. The number of nitrogens with zero attached hydrogens (tertiary/aromatic N) is 1. The molecule has 0 atom stereocenters. The number of rotatable bonds is 3. The Hall–Kier alpha value is -2.18. The summed E-state index contributed by atoms with van der Waals surface area (Å²) in [6.07, 6.45) is 0. The monoisotopic (exact) mass is 343 g/mol. The quantitative estimate of drug-likeness (QED) is 0.901. The van der Waals surface area contributed by atoms with Gasteiger partial charge in [0.1, 0.15) is 5.00 Å². The maximum atomic E-state index is 13.1. The molecule has 2 aromatic rings. The number of aryl methyl sites for hydroxylation is 1. The van der Waals surface area contributed by atoms with Gasteiger partial charge < -0.3 is 15.5 Å². The molecule has 0 radical (unpaired) electrons. The molecule has 5 nitrogen and oxygen atoms in total. The molecule has 1 aromatic heterocycles. The Morgan fingerprint density at radius 3 is 2.46 bits per heavy atom. The molecule has 0 saturated carbocycles. The van der Waals surface area contributed by atoms with E-state index in [1.807, 2.05) is 41.5 Å². The van der Waals surface area contributed by atoms with Crippen LogP contribution < -0.4 is 10.6 Å². The first-order chi connectivity index (χ1) is 11.6. The Labute approximate surface area is 145 Å². The normalized spacial score (nSPS) is 14.5. The van der Waals surface area contributed by atoms with Crippen LogP contribution in [0.25, 0.3) is 11.1 Å². The summed E-state index contributed by atoms with van der Waals surface area (Å²) in [4.78, 5) is 26.4. The number of benzene rings is 1. The maximum Gasteiger partial charge on any atom is 0.257 e. The molecule has 0 bridgehead atoms. The first-order valence-electron chi connectivity index (χ1n) is 8.02. The van der Waals surface area contributed by atoms with Gasteiger partial charge in [-0.25, -0.2) is 0 Å². The van der Waals surface area contributed by atoms with Crippen LogP contribution in [0.2, 0.25) is 0 Å². The van der Waals surface area contributed by atoms with Gasteiger partial charge in [-0.3, -0.25) is 9.59 Å². The number of hydrogen-bond acceptors (Lipinski definition) is 4. The highest BCUT2D eigenvalue weighted by Crippen LogP contribution is 2.36. The van der Waals surface area contributed by atoms with Crippen molar-refractivity contribution in [1.82, 2.24) is 10.2 Å². The summed E-state index contributed by atoms with van der Waals surface area (Å²) >= 11 is 1.40. The molecule has 1 aliphatic rings. The van der Waals surface area contributed by atoms with Gasteiger partial charge in [0.15, 0.2) is 0 Å². The first kappa shape index (κ1) is 16.7. The molecule has 1 fully saturated rings. The molecule has 24 heavy (non-hydrogen) atoms. The highest BCUT2D eigenvalue weighted by atomic mass is 32.1. The third-order valence-corrected chi connectivity index (χ3v) is 4.96. The van der Waals surface area contributed by atoms with E-state index >= 15 is 0 Å². The van der Waals surface area contributed by atoms with Crippen LogP contribution >= 0.6 is 11.3 Å². The van der Waals surface area contributed by atoms with E-state index in [0.717, 1.165) is 24.2 Å². The largest absolute Gasteiger partial charge is 0.336 e. The van der Waals surface area contributed by atoms with Crippen LogP contribution in [0.1, 0.15) is 22.8 Å². The molecule has 1 aromatic carbocycles. The van der Waals surface area contributed by atoms with Crippen LogP contribution in [-0.2, 0) is 4.79 Å². The second kappa shape index (κ2) is 7.15. The zero-order valence-electron chi connectivity index (χ0n) is 13.9. The van der Waals surface area contributed by atoms with E-state index in [9.17, 15) is 9.59 Å². The fourth-order valence-electron chi connectivity index (χ4n) is 2.79. The molecule has 2 heterocycles. The van der Waals surface area contributed by atoms with E-state index < -0.39 is 0 Å². The third kappa shape index (κ3) is 3.49. The summed E-state index contributed by atoms with van der Waals surface area (Å²) in [6.45, 7) is 6.46. The summed E-state index contributed by atoms with van der Waals surface area (Å²) in [5.74, 6) is -0.182. The molecular formula is C18H21N3O2S. The van der Waals surface area contributed by atoms with Crippen molar-refractivity contribution < 1.29 is 9.59 Å². The van der Waals surface area contributed by atoms with Crippen LogP contribution in [0.15, 0.2) is 29.6 Å². The van der Waals surface area contributed by atoms with Crippen LogP contribution in [-0.4, -0.2) is 42.9 Å². The SMILES string of the molecule is CC(=O)Nc1scc(-c2ccc(C)cc2)c1C(=O)N1CCNCC1. The second-order valence-corrected chi connectivity index (χ2v) is 6.82. The number of anilines is 1. The van der Waals surface area contributed by atoms with Gasteiger partial charge in [0.2, 0.25) is 5.91 Å². The molecule has 2 N–H and O–H groups in total. The molecule has 3 rings (SSSR count). The van der Waals surface area contributed by atoms with Crippen LogP contribution in [0, 0.1) is 6.92 Å². The Morgan fingerprint density at radius 1 is 1.17 bits per heavy atom. The minimum atomic E-state index is -0.165. The summed E-state index contributed by atoms with van der Waals surface area (Å²) < 4.78 is 0. The summed E-state index contributed by atoms with van der Waals surface area (Å²) in [6, 6.07) is 8.10. The first-order valence-corrected chi connectivity index (χ1v) is 8.90. The van der Waals surface area contributed by atoms with Crippen molar-refractivity contribution in [3.8, 4) is 11.1 Å². The van der Waals surface area contributed by atoms with E-state index in [1.54, 1.807) is 0 Å². The molecule has 1 aliphatic heterocycles. The van der Waals surface area contributed by atoms with Crippen molar-refractivity contribution in [1.29, 1.82) is 0 Å². The molecule has 0 spiro atoms. The number of hydrogen-bond donors (Lipinski definition) is 2. The average Bonchev–Trinajstić information content (AvgIpc) is 2.98. The van der Waals surface area contributed by atoms with Crippen molar-refractivity contribution >= 4 is 28.2 Å². The average molecular weight is 343 g/mol. The molecule has 126 valence electrons. The van der Waals surface area contributed by atoms with Crippen molar-refractivity contribution in [3.63, 3.8) is 0 Å².